The fourth-order valence-electron chi connectivity index (χ4n) is 1.82. The predicted octanol–water partition coefficient (Wildman–Crippen LogP) is 3.70. The molecule has 5 heteroatoms. The fourth-order valence-corrected chi connectivity index (χ4v) is 2.67. The second-order valence-corrected chi connectivity index (χ2v) is 6.77. The van der Waals surface area contributed by atoms with Gasteiger partial charge in [-0.2, -0.15) is 0 Å². The minimum absolute atomic E-state index is 0.0928. The lowest BCUT2D eigenvalue weighted by Gasteiger charge is -2.29. The van der Waals surface area contributed by atoms with Crippen molar-refractivity contribution in [1.82, 2.24) is 0 Å². The van der Waals surface area contributed by atoms with Crippen molar-refractivity contribution in [2.45, 2.75) is 20.8 Å². The summed E-state index contributed by atoms with van der Waals surface area (Å²) in [5, 5.41) is 0. The van der Waals surface area contributed by atoms with Gasteiger partial charge in [-0.1, -0.05) is 33.0 Å². The van der Waals surface area contributed by atoms with E-state index in [0.29, 0.717) is 15.7 Å². The molecule has 0 saturated heterocycles. The Balaban J connectivity index is 3.13. The van der Waals surface area contributed by atoms with E-state index in [1.165, 1.54) is 0 Å². The standard InChI is InChI=1S/C13H18BrFN2S/c1-13(2,3)7-17(4)9-6-5-8(12(16)18)10(14)11(9)15/h5-6H,7H2,1-4H3,(H2,16,18). The summed E-state index contributed by atoms with van der Waals surface area (Å²) in [7, 11) is 1.87. The van der Waals surface area contributed by atoms with E-state index in [-0.39, 0.29) is 16.2 Å². The van der Waals surface area contributed by atoms with Gasteiger partial charge in [0.1, 0.15) is 4.99 Å². The maximum Gasteiger partial charge on any atom is 0.161 e. The molecule has 0 amide bonds. The van der Waals surface area contributed by atoms with E-state index >= 15 is 0 Å². The van der Waals surface area contributed by atoms with E-state index in [9.17, 15) is 4.39 Å². The molecule has 0 heterocycles. The van der Waals surface area contributed by atoms with Crippen LogP contribution in [0, 0.1) is 11.2 Å². The average Bonchev–Trinajstić information content (AvgIpc) is 2.18. The molecule has 1 aromatic rings. The maximum atomic E-state index is 14.2. The summed E-state index contributed by atoms with van der Waals surface area (Å²) in [5.41, 5.74) is 6.69. The molecule has 100 valence electrons. The Morgan fingerprint density at radius 3 is 2.44 bits per heavy atom. The Morgan fingerprint density at radius 2 is 2.00 bits per heavy atom. The van der Waals surface area contributed by atoms with Gasteiger partial charge in [-0.25, -0.2) is 4.39 Å². The van der Waals surface area contributed by atoms with Gasteiger partial charge in [0.25, 0.3) is 0 Å². The molecule has 0 spiro atoms. The summed E-state index contributed by atoms with van der Waals surface area (Å²) in [6.07, 6.45) is 0. The second kappa shape index (κ2) is 5.53. The molecule has 0 bridgehead atoms. The molecule has 1 rings (SSSR count). The molecule has 2 N–H and O–H groups in total. The lowest BCUT2D eigenvalue weighted by Crippen LogP contribution is -2.30. The highest BCUT2D eigenvalue weighted by Crippen LogP contribution is 2.30. The molecule has 0 aliphatic rings. The second-order valence-electron chi connectivity index (χ2n) is 5.54. The summed E-state index contributed by atoms with van der Waals surface area (Å²) < 4.78 is 14.6. The molecule has 0 radical (unpaired) electrons. The first-order chi connectivity index (χ1) is 8.13. The summed E-state index contributed by atoms with van der Waals surface area (Å²) in [6.45, 7) is 7.09. The third kappa shape index (κ3) is 3.65. The van der Waals surface area contributed by atoms with Gasteiger partial charge in [0, 0.05) is 19.2 Å². The van der Waals surface area contributed by atoms with Gasteiger partial charge >= 0.3 is 0 Å². The molecule has 0 saturated carbocycles. The van der Waals surface area contributed by atoms with Crippen LogP contribution in [0.5, 0.6) is 0 Å². The van der Waals surface area contributed by atoms with Gasteiger partial charge in [0.2, 0.25) is 0 Å². The Bertz CT molecular complexity index is 469. The topological polar surface area (TPSA) is 29.3 Å². The van der Waals surface area contributed by atoms with E-state index in [0.717, 1.165) is 6.54 Å². The number of nitrogens with two attached hydrogens (primary N) is 1. The number of rotatable bonds is 3. The van der Waals surface area contributed by atoms with Crippen LogP contribution in [0.1, 0.15) is 26.3 Å². The normalized spacial score (nSPS) is 11.4. The van der Waals surface area contributed by atoms with Crippen LogP contribution >= 0.6 is 28.1 Å². The number of benzene rings is 1. The first-order valence-electron chi connectivity index (χ1n) is 5.62. The van der Waals surface area contributed by atoms with Gasteiger partial charge in [0.15, 0.2) is 5.82 Å². The van der Waals surface area contributed by atoms with Gasteiger partial charge in [-0.05, 0) is 33.5 Å². The van der Waals surface area contributed by atoms with E-state index in [1.807, 2.05) is 11.9 Å². The molecule has 2 nitrogen and oxygen atoms in total. The Hall–Kier alpha value is -0.680. The third-order valence-electron chi connectivity index (χ3n) is 2.45. The Labute approximate surface area is 121 Å². The molecule has 0 unspecified atom stereocenters. The number of nitrogens with zero attached hydrogens (tertiary/aromatic N) is 1. The molecule has 18 heavy (non-hydrogen) atoms. The van der Waals surface area contributed by atoms with Crippen molar-refractivity contribution in [2.75, 3.05) is 18.5 Å². The quantitative estimate of drug-likeness (QED) is 0.855. The highest BCUT2D eigenvalue weighted by molar-refractivity contribution is 9.10. The van der Waals surface area contributed by atoms with E-state index in [2.05, 4.69) is 36.7 Å². The molecule has 0 atom stereocenters. The zero-order valence-corrected chi connectivity index (χ0v) is 13.5. The smallest absolute Gasteiger partial charge is 0.161 e. The summed E-state index contributed by atoms with van der Waals surface area (Å²) in [4.78, 5) is 2.08. The predicted molar refractivity (Wildman–Crippen MR) is 82.7 cm³/mol. The Morgan fingerprint density at radius 1 is 1.44 bits per heavy atom. The SMILES string of the molecule is CN(CC(C)(C)C)c1ccc(C(N)=S)c(Br)c1F. The number of hydrogen-bond donors (Lipinski definition) is 1. The third-order valence-corrected chi connectivity index (χ3v) is 3.45. The maximum absolute atomic E-state index is 14.2. The van der Waals surface area contributed by atoms with Gasteiger partial charge in [-0.15, -0.1) is 0 Å². The van der Waals surface area contributed by atoms with Crippen molar-refractivity contribution in [3.63, 3.8) is 0 Å². The minimum atomic E-state index is -0.327. The summed E-state index contributed by atoms with van der Waals surface area (Å²) in [5.74, 6) is -0.327. The van der Waals surface area contributed by atoms with E-state index < -0.39 is 0 Å². The number of thiocarbonyl (C=S) groups is 1. The first-order valence-corrected chi connectivity index (χ1v) is 6.82. The zero-order chi connectivity index (χ0) is 14.1. The summed E-state index contributed by atoms with van der Waals surface area (Å²) in [6, 6.07) is 3.45. The van der Waals surface area contributed by atoms with Gasteiger partial charge < -0.3 is 10.6 Å². The van der Waals surface area contributed by atoms with Gasteiger partial charge in [-0.3, -0.25) is 0 Å². The van der Waals surface area contributed by atoms with Crippen LogP contribution in [-0.4, -0.2) is 18.6 Å². The number of anilines is 1. The van der Waals surface area contributed by atoms with Crippen LogP contribution < -0.4 is 10.6 Å². The van der Waals surface area contributed by atoms with Crippen molar-refractivity contribution in [1.29, 1.82) is 0 Å². The van der Waals surface area contributed by atoms with Crippen LogP contribution in [0.4, 0.5) is 10.1 Å². The van der Waals surface area contributed by atoms with E-state index in [1.54, 1.807) is 12.1 Å². The molecule has 0 aliphatic carbocycles. The highest BCUT2D eigenvalue weighted by atomic mass is 79.9. The van der Waals surface area contributed by atoms with Crippen molar-refractivity contribution in [2.24, 2.45) is 11.1 Å². The lowest BCUT2D eigenvalue weighted by atomic mass is 9.96. The van der Waals surface area contributed by atoms with Crippen LogP contribution in [0.25, 0.3) is 0 Å². The van der Waals surface area contributed by atoms with Crippen LogP contribution in [0.3, 0.4) is 0 Å². The Kier molecular flexibility index (Phi) is 4.72. The average molecular weight is 333 g/mol. The number of hydrogen-bond acceptors (Lipinski definition) is 2. The molecule has 0 aromatic heterocycles. The zero-order valence-electron chi connectivity index (χ0n) is 11.1. The fraction of sp³-hybridized carbons (Fsp3) is 0.462. The van der Waals surface area contributed by atoms with Gasteiger partial charge in [0.05, 0.1) is 10.2 Å². The van der Waals surface area contributed by atoms with Crippen LogP contribution in [-0.2, 0) is 0 Å². The molecule has 0 fully saturated rings. The minimum Gasteiger partial charge on any atom is -0.389 e. The highest BCUT2D eigenvalue weighted by Gasteiger charge is 2.19. The molecule has 0 aliphatic heterocycles. The van der Waals surface area contributed by atoms with Crippen molar-refractivity contribution < 1.29 is 4.39 Å². The van der Waals surface area contributed by atoms with Crippen molar-refractivity contribution >= 4 is 38.8 Å². The van der Waals surface area contributed by atoms with Crippen LogP contribution in [0.2, 0.25) is 0 Å². The summed E-state index contributed by atoms with van der Waals surface area (Å²) >= 11 is 8.08. The largest absolute Gasteiger partial charge is 0.389 e. The molecule has 1 aromatic carbocycles. The monoisotopic (exact) mass is 332 g/mol. The number of halogens is 2. The molecular formula is C13H18BrFN2S. The van der Waals surface area contributed by atoms with Crippen LogP contribution in [0.15, 0.2) is 16.6 Å². The lowest BCUT2D eigenvalue weighted by molar-refractivity contribution is 0.417. The van der Waals surface area contributed by atoms with Crippen molar-refractivity contribution in [3.8, 4) is 0 Å². The molecular weight excluding hydrogens is 315 g/mol. The van der Waals surface area contributed by atoms with E-state index in [4.69, 9.17) is 18.0 Å². The van der Waals surface area contributed by atoms with Crippen molar-refractivity contribution in [3.05, 3.63) is 28.0 Å². The first kappa shape index (κ1) is 15.4.